The van der Waals surface area contributed by atoms with Crippen LogP contribution in [0.3, 0.4) is 0 Å². The van der Waals surface area contributed by atoms with E-state index >= 15 is 0 Å². The van der Waals surface area contributed by atoms with E-state index in [9.17, 15) is 0 Å². The van der Waals surface area contributed by atoms with Gasteiger partial charge in [0.05, 0.1) is 0 Å². The van der Waals surface area contributed by atoms with E-state index in [0.29, 0.717) is 0 Å². The van der Waals surface area contributed by atoms with E-state index in [0.717, 1.165) is 23.9 Å². The van der Waals surface area contributed by atoms with Gasteiger partial charge in [0.15, 0.2) is 0 Å². The predicted octanol–water partition coefficient (Wildman–Crippen LogP) is 0.982. The van der Waals surface area contributed by atoms with Gasteiger partial charge < -0.3 is 10.6 Å². The first-order valence-corrected chi connectivity index (χ1v) is 5.24. The van der Waals surface area contributed by atoms with Gasteiger partial charge in [-0.3, -0.25) is 0 Å². The monoisotopic (exact) mass is 168 g/mol. The fraction of sp³-hybridized carbons (Fsp3) is 1.00. The summed E-state index contributed by atoms with van der Waals surface area (Å²) >= 11 is 0. The molecule has 2 aliphatic rings. The highest BCUT2D eigenvalue weighted by Gasteiger charge is 2.33. The maximum Gasteiger partial charge on any atom is 0.00965 e. The van der Waals surface area contributed by atoms with E-state index in [4.69, 9.17) is 0 Å². The average Bonchev–Trinajstić information content (AvgIpc) is 2.57. The molecule has 0 radical (unpaired) electrons. The van der Waals surface area contributed by atoms with E-state index in [2.05, 4.69) is 24.5 Å². The molecular formula is C10H20N2. The molecule has 1 aliphatic carbocycles. The maximum atomic E-state index is 3.64. The van der Waals surface area contributed by atoms with Gasteiger partial charge in [-0.25, -0.2) is 0 Å². The molecule has 2 fully saturated rings. The minimum atomic E-state index is 0.728. The first kappa shape index (κ1) is 8.52. The van der Waals surface area contributed by atoms with Crippen LogP contribution in [0.4, 0.5) is 0 Å². The predicted molar refractivity (Wildman–Crippen MR) is 51.1 cm³/mol. The summed E-state index contributed by atoms with van der Waals surface area (Å²) in [5.74, 6) is 1.81. The highest BCUT2D eigenvalue weighted by molar-refractivity contribution is 4.91. The lowest BCUT2D eigenvalue weighted by molar-refractivity contribution is 0.434. The summed E-state index contributed by atoms with van der Waals surface area (Å²) in [4.78, 5) is 0. The van der Waals surface area contributed by atoms with Crippen molar-refractivity contribution < 1.29 is 0 Å². The minimum Gasteiger partial charge on any atom is -0.314 e. The lowest BCUT2D eigenvalue weighted by atomic mass is 10.0. The Labute approximate surface area is 75.1 Å². The van der Waals surface area contributed by atoms with Crippen molar-refractivity contribution in [3.8, 4) is 0 Å². The SMILES string of the molecule is CC1CC1NCC1CCNC1C. The summed E-state index contributed by atoms with van der Waals surface area (Å²) in [6, 6.07) is 1.57. The zero-order valence-electron chi connectivity index (χ0n) is 8.14. The number of nitrogens with one attached hydrogen (secondary N) is 2. The Morgan fingerprint density at radius 3 is 2.67 bits per heavy atom. The molecule has 2 rings (SSSR count). The van der Waals surface area contributed by atoms with Crippen molar-refractivity contribution in [1.82, 2.24) is 10.6 Å². The van der Waals surface area contributed by atoms with Crippen molar-refractivity contribution in [3.05, 3.63) is 0 Å². The van der Waals surface area contributed by atoms with Gasteiger partial charge in [-0.2, -0.15) is 0 Å². The number of hydrogen-bond acceptors (Lipinski definition) is 2. The van der Waals surface area contributed by atoms with E-state index in [-0.39, 0.29) is 0 Å². The lowest BCUT2D eigenvalue weighted by Crippen LogP contribution is -2.32. The molecule has 2 heteroatoms. The Hall–Kier alpha value is -0.0800. The van der Waals surface area contributed by atoms with Crippen LogP contribution in [0.2, 0.25) is 0 Å². The molecule has 1 saturated heterocycles. The molecule has 1 saturated carbocycles. The molecule has 2 nitrogen and oxygen atoms in total. The van der Waals surface area contributed by atoms with Crippen LogP contribution in [0.25, 0.3) is 0 Å². The second kappa shape index (κ2) is 3.35. The molecule has 0 aromatic carbocycles. The molecule has 0 amide bonds. The van der Waals surface area contributed by atoms with Crippen molar-refractivity contribution in [3.63, 3.8) is 0 Å². The fourth-order valence-electron chi connectivity index (χ4n) is 2.10. The van der Waals surface area contributed by atoms with E-state index < -0.39 is 0 Å². The third kappa shape index (κ3) is 1.80. The number of hydrogen-bond donors (Lipinski definition) is 2. The van der Waals surface area contributed by atoms with Crippen LogP contribution in [0, 0.1) is 11.8 Å². The lowest BCUT2D eigenvalue weighted by Gasteiger charge is -2.15. The molecule has 1 aliphatic heterocycles. The van der Waals surface area contributed by atoms with Crippen LogP contribution in [-0.4, -0.2) is 25.2 Å². The zero-order chi connectivity index (χ0) is 8.55. The smallest absolute Gasteiger partial charge is 0.00965 e. The maximum absolute atomic E-state index is 3.64. The molecule has 0 aromatic rings. The van der Waals surface area contributed by atoms with Crippen LogP contribution in [-0.2, 0) is 0 Å². The largest absolute Gasteiger partial charge is 0.314 e. The normalized spacial score (nSPS) is 46.5. The number of rotatable bonds is 3. The molecule has 4 unspecified atom stereocenters. The molecular weight excluding hydrogens is 148 g/mol. The summed E-state index contributed by atoms with van der Waals surface area (Å²) in [6.07, 6.45) is 2.75. The van der Waals surface area contributed by atoms with Gasteiger partial charge in [-0.15, -0.1) is 0 Å². The third-order valence-corrected chi connectivity index (χ3v) is 3.44. The summed E-state index contributed by atoms with van der Waals surface area (Å²) in [5, 5.41) is 7.12. The summed E-state index contributed by atoms with van der Waals surface area (Å²) in [5.41, 5.74) is 0. The molecule has 0 aromatic heterocycles. The molecule has 2 N–H and O–H groups in total. The third-order valence-electron chi connectivity index (χ3n) is 3.44. The van der Waals surface area contributed by atoms with E-state index in [1.54, 1.807) is 0 Å². The van der Waals surface area contributed by atoms with Gasteiger partial charge in [-0.1, -0.05) is 6.92 Å². The topological polar surface area (TPSA) is 24.1 Å². The van der Waals surface area contributed by atoms with Crippen molar-refractivity contribution in [2.45, 2.75) is 38.8 Å². The van der Waals surface area contributed by atoms with Crippen molar-refractivity contribution in [1.29, 1.82) is 0 Å². The van der Waals surface area contributed by atoms with Crippen LogP contribution in [0.1, 0.15) is 26.7 Å². The Bertz CT molecular complexity index is 158. The summed E-state index contributed by atoms with van der Waals surface area (Å²) in [7, 11) is 0. The standard InChI is InChI=1S/C10H20N2/c1-7-5-10(7)12-6-9-3-4-11-8(9)2/h7-12H,3-6H2,1-2H3. The average molecular weight is 168 g/mol. The first-order valence-electron chi connectivity index (χ1n) is 5.24. The second-order valence-electron chi connectivity index (χ2n) is 4.52. The van der Waals surface area contributed by atoms with E-state index in [1.165, 1.54) is 25.9 Å². The van der Waals surface area contributed by atoms with Crippen LogP contribution in [0.5, 0.6) is 0 Å². The highest BCUT2D eigenvalue weighted by Crippen LogP contribution is 2.29. The molecule has 1 heterocycles. The van der Waals surface area contributed by atoms with Gasteiger partial charge in [0.2, 0.25) is 0 Å². The van der Waals surface area contributed by atoms with Crippen LogP contribution in [0.15, 0.2) is 0 Å². The van der Waals surface area contributed by atoms with Gasteiger partial charge in [0.25, 0.3) is 0 Å². The van der Waals surface area contributed by atoms with Gasteiger partial charge in [-0.05, 0) is 44.7 Å². The van der Waals surface area contributed by atoms with Crippen molar-refractivity contribution in [2.75, 3.05) is 13.1 Å². The van der Waals surface area contributed by atoms with Gasteiger partial charge in [0.1, 0.15) is 0 Å². The fourth-order valence-corrected chi connectivity index (χ4v) is 2.10. The highest BCUT2D eigenvalue weighted by atomic mass is 15.0. The Morgan fingerprint density at radius 2 is 2.17 bits per heavy atom. The quantitative estimate of drug-likeness (QED) is 0.656. The van der Waals surface area contributed by atoms with Crippen LogP contribution < -0.4 is 10.6 Å². The van der Waals surface area contributed by atoms with E-state index in [1.807, 2.05) is 0 Å². The minimum absolute atomic E-state index is 0.728. The van der Waals surface area contributed by atoms with Crippen LogP contribution >= 0.6 is 0 Å². The summed E-state index contributed by atoms with van der Waals surface area (Å²) < 4.78 is 0. The Morgan fingerprint density at radius 1 is 1.42 bits per heavy atom. The van der Waals surface area contributed by atoms with Crippen molar-refractivity contribution in [2.24, 2.45) is 11.8 Å². The molecule has 12 heavy (non-hydrogen) atoms. The Balaban J connectivity index is 1.65. The Kier molecular flexibility index (Phi) is 2.37. The molecule has 70 valence electrons. The summed E-state index contributed by atoms with van der Waals surface area (Å²) in [6.45, 7) is 7.07. The van der Waals surface area contributed by atoms with Crippen molar-refractivity contribution >= 4 is 0 Å². The molecule has 4 atom stereocenters. The molecule has 0 bridgehead atoms. The second-order valence-corrected chi connectivity index (χ2v) is 4.52. The zero-order valence-corrected chi connectivity index (χ0v) is 8.14. The van der Waals surface area contributed by atoms with Gasteiger partial charge in [0, 0.05) is 12.1 Å². The molecule has 0 spiro atoms. The van der Waals surface area contributed by atoms with Gasteiger partial charge >= 0.3 is 0 Å². The first-order chi connectivity index (χ1) is 5.77.